The van der Waals surface area contributed by atoms with Crippen LogP contribution in [0.1, 0.15) is 71.6 Å². The maximum absolute atomic E-state index is 15.0. The zero-order valence-electron chi connectivity index (χ0n) is 28.0. The average molecular weight is 769 g/mol. The molecular weight excluding hydrogens is 740 g/mol. The van der Waals surface area contributed by atoms with Crippen molar-refractivity contribution in [2.45, 2.75) is 70.9 Å². The van der Waals surface area contributed by atoms with Crippen LogP contribution in [0, 0.1) is 18.6 Å². The van der Waals surface area contributed by atoms with Crippen LogP contribution in [0.3, 0.4) is 0 Å². The summed E-state index contributed by atoms with van der Waals surface area (Å²) < 4.78 is 114. The van der Waals surface area contributed by atoms with E-state index in [0.29, 0.717) is 5.56 Å². The number of rotatable bonds is 11. The quantitative estimate of drug-likeness (QED) is 0.128. The summed E-state index contributed by atoms with van der Waals surface area (Å²) in [6, 6.07) is 2.84. The van der Waals surface area contributed by atoms with Gasteiger partial charge >= 0.3 is 12.5 Å². The molecule has 13 nitrogen and oxygen atoms in total. The number of nitrogens with one attached hydrogen (secondary N) is 2. The van der Waals surface area contributed by atoms with E-state index in [1.165, 1.54) is 30.7 Å². The van der Waals surface area contributed by atoms with Gasteiger partial charge in [0.15, 0.2) is 11.3 Å². The summed E-state index contributed by atoms with van der Waals surface area (Å²) in [6.07, 6.45) is -9.70. The number of aliphatic hydroxyl groups excluding tert-OH is 2. The van der Waals surface area contributed by atoms with Crippen LogP contribution < -0.4 is 15.9 Å². The minimum absolute atomic E-state index is 0.00688. The first-order valence-corrected chi connectivity index (χ1v) is 16.0. The molecule has 0 fully saturated rings. The number of aromatic nitrogens is 8. The molecule has 2 atom stereocenters. The van der Waals surface area contributed by atoms with Gasteiger partial charge in [-0.1, -0.05) is 12.1 Å². The second-order valence-corrected chi connectivity index (χ2v) is 12.2. The van der Waals surface area contributed by atoms with E-state index in [2.05, 4.69) is 34.9 Å². The molecule has 54 heavy (non-hydrogen) atoms. The van der Waals surface area contributed by atoms with E-state index in [1.54, 1.807) is 0 Å². The van der Waals surface area contributed by atoms with E-state index in [1.807, 2.05) is 0 Å². The topological polar surface area (TPSA) is 177 Å². The molecule has 6 aromatic rings. The molecule has 0 saturated heterocycles. The zero-order chi connectivity index (χ0) is 39.3. The van der Waals surface area contributed by atoms with Crippen molar-refractivity contribution in [2.75, 3.05) is 0 Å². The first-order valence-electron chi connectivity index (χ1n) is 16.0. The van der Waals surface area contributed by atoms with Crippen molar-refractivity contribution in [1.82, 2.24) is 39.5 Å². The molecule has 0 spiro atoms. The highest BCUT2D eigenvalue weighted by atomic mass is 19.4. The molecular formula is C33H28F8N8O5. The molecule has 2 unspecified atom stereocenters. The Bertz CT molecular complexity index is 2450. The number of hydrogen-bond donors (Lipinski definition) is 4. The lowest BCUT2D eigenvalue weighted by Gasteiger charge is -2.20. The molecule has 0 aliphatic rings. The van der Waals surface area contributed by atoms with Gasteiger partial charge in [-0.25, -0.2) is 28.1 Å². The summed E-state index contributed by atoms with van der Waals surface area (Å²) in [5.41, 5.74) is -3.71. The highest BCUT2D eigenvalue weighted by molar-refractivity contribution is 5.78. The third-order valence-electron chi connectivity index (χ3n) is 8.61. The van der Waals surface area contributed by atoms with Gasteiger partial charge in [-0.05, 0) is 56.5 Å². The van der Waals surface area contributed by atoms with Crippen molar-refractivity contribution < 1.29 is 50.1 Å². The Kier molecular flexibility index (Phi) is 10.1. The smallest absolute Gasteiger partial charge is 0.406 e. The Morgan fingerprint density at radius 1 is 0.833 bits per heavy atom. The van der Waals surface area contributed by atoms with Crippen molar-refractivity contribution in [2.24, 2.45) is 0 Å². The third kappa shape index (κ3) is 7.40. The van der Waals surface area contributed by atoms with E-state index in [4.69, 9.17) is 0 Å². The lowest BCUT2D eigenvalue weighted by atomic mass is 10.0. The lowest BCUT2D eigenvalue weighted by molar-refractivity contribution is -0.274. The van der Waals surface area contributed by atoms with Crippen LogP contribution in [0.2, 0.25) is 0 Å². The van der Waals surface area contributed by atoms with E-state index in [-0.39, 0.29) is 76.5 Å². The van der Waals surface area contributed by atoms with Gasteiger partial charge in [0.2, 0.25) is 0 Å². The first kappa shape index (κ1) is 38.0. The Morgan fingerprint density at radius 2 is 1.39 bits per heavy atom. The van der Waals surface area contributed by atoms with Crippen LogP contribution in [0.25, 0.3) is 22.1 Å². The summed E-state index contributed by atoms with van der Waals surface area (Å²) >= 11 is 0. The lowest BCUT2D eigenvalue weighted by Crippen LogP contribution is -2.18. The van der Waals surface area contributed by atoms with Crippen molar-refractivity contribution in [1.29, 1.82) is 0 Å². The van der Waals surface area contributed by atoms with Crippen LogP contribution >= 0.6 is 0 Å². The second kappa shape index (κ2) is 14.3. The van der Waals surface area contributed by atoms with Crippen LogP contribution in [0.15, 0.2) is 46.0 Å². The Balaban J connectivity index is 1.36. The van der Waals surface area contributed by atoms with Crippen molar-refractivity contribution >= 4 is 22.1 Å². The summed E-state index contributed by atoms with van der Waals surface area (Å²) in [5.74, 6) is -3.32. The average Bonchev–Trinajstić information content (AvgIpc) is 3.64. The van der Waals surface area contributed by atoms with Crippen molar-refractivity contribution in [3.8, 4) is 5.75 Å². The van der Waals surface area contributed by atoms with Crippen LogP contribution in [0.5, 0.6) is 5.75 Å². The molecule has 0 bridgehead atoms. The van der Waals surface area contributed by atoms with Gasteiger partial charge in [-0.15, -0.1) is 13.2 Å². The highest BCUT2D eigenvalue weighted by Gasteiger charge is 2.35. The monoisotopic (exact) mass is 768 g/mol. The van der Waals surface area contributed by atoms with E-state index >= 15 is 0 Å². The third-order valence-corrected chi connectivity index (χ3v) is 8.61. The Hall–Kier alpha value is -5.70. The number of halogens is 8. The second-order valence-electron chi connectivity index (χ2n) is 12.2. The maximum atomic E-state index is 15.0. The number of aliphatic hydroxyl groups is 2. The fourth-order valence-electron chi connectivity index (χ4n) is 6.27. The number of alkyl halides is 6. The number of benzene rings is 2. The maximum Gasteiger partial charge on any atom is 0.573 e. The summed E-state index contributed by atoms with van der Waals surface area (Å²) in [5, 5.41) is 28.1. The van der Waals surface area contributed by atoms with Gasteiger partial charge in [0.25, 0.3) is 11.1 Å². The zero-order valence-corrected chi connectivity index (χ0v) is 28.0. The Labute approximate surface area is 296 Å². The molecule has 21 heteroatoms. The number of nitrogens with zero attached hydrogens (tertiary/aromatic N) is 6. The number of aryl methyl sites for hydroxylation is 2. The predicted octanol–water partition coefficient (Wildman–Crippen LogP) is 5.26. The number of ether oxygens (including phenoxy) is 1. The minimum atomic E-state index is -5.03. The molecule has 286 valence electrons. The number of H-pyrrole nitrogens is 2. The summed E-state index contributed by atoms with van der Waals surface area (Å²) in [4.78, 5) is 40.0. The van der Waals surface area contributed by atoms with Crippen molar-refractivity contribution in [3.63, 3.8) is 0 Å². The van der Waals surface area contributed by atoms with Gasteiger partial charge in [0, 0.05) is 12.0 Å². The molecule has 0 aliphatic carbocycles. The van der Waals surface area contributed by atoms with Gasteiger partial charge in [-0.3, -0.25) is 9.59 Å². The molecule has 0 saturated carbocycles. The van der Waals surface area contributed by atoms with E-state index in [0.717, 1.165) is 16.8 Å². The molecule has 0 aliphatic heterocycles. The SMILES string of the molecule is Cc1nc2c(c(CO)nn2C(CCCc2nc3c(c(CO)nn3C(C)c3c(F)cc(C(F)(F)F)cc3F)c(=O)[nH]2)c2ccc(OC(F)(F)F)cc2)c(=O)[nH]1. The van der Waals surface area contributed by atoms with Gasteiger partial charge in [0.05, 0.1) is 30.9 Å². The molecule has 0 amide bonds. The normalized spacial score (nSPS) is 13.6. The number of fused-ring (bicyclic) bond motifs is 2. The van der Waals surface area contributed by atoms with E-state index in [9.17, 15) is 54.9 Å². The molecule has 4 heterocycles. The predicted molar refractivity (Wildman–Crippen MR) is 172 cm³/mol. The number of aromatic amines is 2. The molecule has 2 aromatic carbocycles. The van der Waals surface area contributed by atoms with Crippen molar-refractivity contribution in [3.05, 3.63) is 108 Å². The van der Waals surface area contributed by atoms with Crippen LogP contribution in [-0.4, -0.2) is 56.1 Å². The fraction of sp³-hybridized carbons (Fsp3) is 0.333. The summed E-state index contributed by atoms with van der Waals surface area (Å²) in [7, 11) is 0. The highest BCUT2D eigenvalue weighted by Crippen LogP contribution is 2.35. The Morgan fingerprint density at radius 3 is 1.94 bits per heavy atom. The molecule has 0 radical (unpaired) electrons. The van der Waals surface area contributed by atoms with Gasteiger partial charge < -0.3 is 24.9 Å². The fourth-order valence-corrected chi connectivity index (χ4v) is 6.27. The van der Waals surface area contributed by atoms with Gasteiger partial charge in [0.1, 0.15) is 51.2 Å². The molecule has 6 rings (SSSR count). The standard InChI is InChI=1S/C33H28F8N8O5/c1-14(25-19(34)10-17(11-20(25)35)32(36,37)38)48-29-27(21(12-50)46-48)31(53)45-24(44-29)5-3-4-23(16-6-8-18(9-7-16)54-33(39,40)41)49-28-26(22(13-51)47-49)30(52)43-15(2)42-28/h6-11,14,23,50-51H,3-5,12-13H2,1-2H3,(H,42,43,52)(H,44,45,53). The summed E-state index contributed by atoms with van der Waals surface area (Å²) in [6.45, 7) is 1.30. The molecule has 4 aromatic heterocycles. The first-order chi connectivity index (χ1) is 25.4. The van der Waals surface area contributed by atoms with E-state index < -0.39 is 77.5 Å². The molecule has 4 N–H and O–H groups in total. The van der Waals surface area contributed by atoms with Crippen LogP contribution in [-0.2, 0) is 25.8 Å². The largest absolute Gasteiger partial charge is 0.573 e. The number of hydrogen-bond acceptors (Lipinski definition) is 9. The van der Waals surface area contributed by atoms with Crippen LogP contribution in [0.4, 0.5) is 35.1 Å². The van der Waals surface area contributed by atoms with Gasteiger partial charge in [-0.2, -0.15) is 23.4 Å². The minimum Gasteiger partial charge on any atom is -0.406 e.